The van der Waals surface area contributed by atoms with Crippen LogP contribution in [0.5, 0.6) is 11.5 Å². The van der Waals surface area contributed by atoms with Gasteiger partial charge in [-0.05, 0) is 24.3 Å². The van der Waals surface area contributed by atoms with Crippen molar-refractivity contribution in [2.75, 3.05) is 46.4 Å². The summed E-state index contributed by atoms with van der Waals surface area (Å²) in [6.45, 7) is 5.32. The van der Waals surface area contributed by atoms with Gasteiger partial charge in [-0.2, -0.15) is 0 Å². The zero-order valence-corrected chi connectivity index (χ0v) is 11.5. The van der Waals surface area contributed by atoms with Crippen molar-refractivity contribution in [3.8, 4) is 11.5 Å². The summed E-state index contributed by atoms with van der Waals surface area (Å²) < 4.78 is 10.9. The van der Waals surface area contributed by atoms with Crippen molar-refractivity contribution in [2.24, 2.45) is 5.73 Å². The van der Waals surface area contributed by atoms with Crippen LogP contribution >= 0.6 is 0 Å². The number of rotatable bonds is 6. The molecule has 5 heteroatoms. The fourth-order valence-electron chi connectivity index (χ4n) is 2.28. The van der Waals surface area contributed by atoms with Crippen molar-refractivity contribution >= 4 is 0 Å². The first-order valence-electron chi connectivity index (χ1n) is 6.75. The Labute approximate surface area is 114 Å². The van der Waals surface area contributed by atoms with Crippen LogP contribution in [0, 0.1) is 0 Å². The predicted molar refractivity (Wildman–Crippen MR) is 75.8 cm³/mol. The summed E-state index contributed by atoms with van der Waals surface area (Å²) in [5.41, 5.74) is 5.77. The fourth-order valence-corrected chi connectivity index (χ4v) is 2.28. The smallest absolute Gasteiger partial charge is 0.119 e. The summed E-state index contributed by atoms with van der Waals surface area (Å²) in [5.74, 6) is 1.72. The normalized spacial score (nSPS) is 20.2. The molecule has 1 atom stereocenters. The minimum absolute atomic E-state index is 0.424. The van der Waals surface area contributed by atoms with E-state index in [2.05, 4.69) is 10.2 Å². The zero-order chi connectivity index (χ0) is 13.5. The van der Waals surface area contributed by atoms with Crippen molar-refractivity contribution < 1.29 is 9.47 Å². The van der Waals surface area contributed by atoms with Gasteiger partial charge in [0, 0.05) is 38.8 Å². The Morgan fingerprint density at radius 2 is 2.05 bits per heavy atom. The van der Waals surface area contributed by atoms with Gasteiger partial charge >= 0.3 is 0 Å². The van der Waals surface area contributed by atoms with Crippen LogP contribution in [0.15, 0.2) is 24.3 Å². The summed E-state index contributed by atoms with van der Waals surface area (Å²) in [5, 5.41) is 3.36. The molecule has 1 saturated heterocycles. The monoisotopic (exact) mass is 265 g/mol. The summed E-state index contributed by atoms with van der Waals surface area (Å²) in [7, 11) is 1.66. The lowest BCUT2D eigenvalue weighted by atomic mass is 10.2. The van der Waals surface area contributed by atoms with E-state index in [0.29, 0.717) is 19.2 Å². The quantitative estimate of drug-likeness (QED) is 0.775. The Morgan fingerprint density at radius 1 is 1.32 bits per heavy atom. The average Bonchev–Trinajstić information content (AvgIpc) is 2.48. The summed E-state index contributed by atoms with van der Waals surface area (Å²) >= 11 is 0. The molecule has 0 amide bonds. The molecule has 2 rings (SSSR count). The molecule has 1 heterocycles. The molecule has 0 saturated carbocycles. The largest absolute Gasteiger partial charge is 0.497 e. The third kappa shape index (κ3) is 4.09. The number of nitrogens with zero attached hydrogens (tertiary/aromatic N) is 1. The van der Waals surface area contributed by atoms with Crippen molar-refractivity contribution in [2.45, 2.75) is 6.04 Å². The van der Waals surface area contributed by atoms with Crippen LogP contribution in [0.25, 0.3) is 0 Å². The highest BCUT2D eigenvalue weighted by atomic mass is 16.5. The van der Waals surface area contributed by atoms with Gasteiger partial charge in [-0.1, -0.05) is 0 Å². The summed E-state index contributed by atoms with van der Waals surface area (Å²) in [4.78, 5) is 2.39. The van der Waals surface area contributed by atoms with Crippen molar-refractivity contribution in [3.05, 3.63) is 24.3 Å². The second-order valence-electron chi connectivity index (χ2n) is 4.65. The van der Waals surface area contributed by atoms with Crippen molar-refractivity contribution in [3.63, 3.8) is 0 Å². The summed E-state index contributed by atoms with van der Waals surface area (Å²) in [6.07, 6.45) is 0. The van der Waals surface area contributed by atoms with E-state index in [1.54, 1.807) is 7.11 Å². The van der Waals surface area contributed by atoms with E-state index in [0.717, 1.165) is 37.7 Å². The van der Waals surface area contributed by atoms with E-state index < -0.39 is 0 Å². The second-order valence-corrected chi connectivity index (χ2v) is 4.65. The molecule has 1 unspecified atom stereocenters. The Kier molecular flexibility index (Phi) is 5.44. The number of ether oxygens (including phenoxy) is 2. The van der Waals surface area contributed by atoms with Crippen LogP contribution in [-0.2, 0) is 0 Å². The van der Waals surface area contributed by atoms with Gasteiger partial charge in [0.15, 0.2) is 0 Å². The number of nitrogens with one attached hydrogen (secondary N) is 1. The van der Waals surface area contributed by atoms with E-state index in [1.807, 2.05) is 24.3 Å². The van der Waals surface area contributed by atoms with E-state index in [4.69, 9.17) is 15.2 Å². The molecule has 1 aliphatic rings. The fraction of sp³-hybridized carbons (Fsp3) is 0.571. The SMILES string of the molecule is COc1ccc(OCCN2CCNCC2CN)cc1. The van der Waals surface area contributed by atoms with Gasteiger partial charge in [-0.25, -0.2) is 0 Å². The lowest BCUT2D eigenvalue weighted by Gasteiger charge is -2.35. The van der Waals surface area contributed by atoms with Crippen LogP contribution in [0.3, 0.4) is 0 Å². The first kappa shape index (κ1) is 14.1. The lowest BCUT2D eigenvalue weighted by Crippen LogP contribution is -2.55. The van der Waals surface area contributed by atoms with E-state index in [-0.39, 0.29) is 0 Å². The molecule has 19 heavy (non-hydrogen) atoms. The molecule has 1 aliphatic heterocycles. The molecule has 0 aromatic heterocycles. The van der Waals surface area contributed by atoms with Crippen LogP contribution in [0.1, 0.15) is 0 Å². The summed E-state index contributed by atoms with van der Waals surface area (Å²) in [6, 6.07) is 8.09. The molecule has 5 nitrogen and oxygen atoms in total. The van der Waals surface area contributed by atoms with Gasteiger partial charge in [-0.3, -0.25) is 4.90 Å². The number of hydrogen-bond acceptors (Lipinski definition) is 5. The van der Waals surface area contributed by atoms with Gasteiger partial charge in [-0.15, -0.1) is 0 Å². The zero-order valence-electron chi connectivity index (χ0n) is 11.5. The molecule has 1 aromatic rings. The molecule has 106 valence electrons. The highest BCUT2D eigenvalue weighted by molar-refractivity contribution is 5.31. The molecule has 0 aliphatic carbocycles. The van der Waals surface area contributed by atoms with E-state index in [9.17, 15) is 0 Å². The topological polar surface area (TPSA) is 59.8 Å². The van der Waals surface area contributed by atoms with E-state index >= 15 is 0 Å². The number of hydrogen-bond donors (Lipinski definition) is 2. The van der Waals surface area contributed by atoms with Gasteiger partial charge < -0.3 is 20.5 Å². The third-order valence-corrected chi connectivity index (χ3v) is 3.45. The van der Waals surface area contributed by atoms with Crippen LogP contribution < -0.4 is 20.5 Å². The minimum atomic E-state index is 0.424. The molecule has 0 spiro atoms. The number of methoxy groups -OCH3 is 1. The molecular weight excluding hydrogens is 242 g/mol. The highest BCUT2D eigenvalue weighted by Gasteiger charge is 2.20. The predicted octanol–water partition coefficient (Wildman–Crippen LogP) is 0.307. The number of benzene rings is 1. The maximum Gasteiger partial charge on any atom is 0.119 e. The third-order valence-electron chi connectivity index (χ3n) is 3.45. The first-order valence-corrected chi connectivity index (χ1v) is 6.75. The van der Waals surface area contributed by atoms with Crippen LogP contribution in [-0.4, -0.2) is 57.4 Å². The highest BCUT2D eigenvalue weighted by Crippen LogP contribution is 2.17. The molecular formula is C14H23N3O2. The number of nitrogens with two attached hydrogens (primary N) is 1. The van der Waals surface area contributed by atoms with Gasteiger partial charge in [0.1, 0.15) is 18.1 Å². The maximum absolute atomic E-state index is 5.77. The van der Waals surface area contributed by atoms with Gasteiger partial charge in [0.05, 0.1) is 7.11 Å². The van der Waals surface area contributed by atoms with Gasteiger partial charge in [0.2, 0.25) is 0 Å². The molecule has 0 radical (unpaired) electrons. The average molecular weight is 265 g/mol. The maximum atomic E-state index is 5.77. The standard InChI is InChI=1S/C14H23N3O2/c1-18-13-2-4-14(5-3-13)19-9-8-17-7-6-16-11-12(17)10-15/h2-5,12,16H,6-11,15H2,1H3. The van der Waals surface area contributed by atoms with Crippen molar-refractivity contribution in [1.29, 1.82) is 0 Å². The first-order chi connectivity index (χ1) is 9.33. The molecule has 1 aromatic carbocycles. The molecule has 0 bridgehead atoms. The lowest BCUT2D eigenvalue weighted by molar-refractivity contribution is 0.137. The van der Waals surface area contributed by atoms with Crippen LogP contribution in [0.2, 0.25) is 0 Å². The molecule has 1 fully saturated rings. The van der Waals surface area contributed by atoms with E-state index in [1.165, 1.54) is 0 Å². The second kappa shape index (κ2) is 7.33. The van der Waals surface area contributed by atoms with Crippen molar-refractivity contribution in [1.82, 2.24) is 10.2 Å². The number of piperazine rings is 1. The van der Waals surface area contributed by atoms with Gasteiger partial charge in [0.25, 0.3) is 0 Å². The Morgan fingerprint density at radius 3 is 2.74 bits per heavy atom. The Balaban J connectivity index is 1.75. The Bertz CT molecular complexity index is 369. The van der Waals surface area contributed by atoms with Crippen LogP contribution in [0.4, 0.5) is 0 Å². The Hall–Kier alpha value is -1.30. The molecule has 3 N–H and O–H groups in total. The minimum Gasteiger partial charge on any atom is -0.497 e.